The highest BCUT2D eigenvalue weighted by Crippen LogP contribution is 2.22. The van der Waals surface area contributed by atoms with E-state index in [1.807, 2.05) is 30.0 Å². The molecule has 0 radical (unpaired) electrons. The molecule has 94 valence electrons. The van der Waals surface area contributed by atoms with Crippen molar-refractivity contribution in [1.82, 2.24) is 4.90 Å². The summed E-state index contributed by atoms with van der Waals surface area (Å²) >= 11 is 0. The van der Waals surface area contributed by atoms with Crippen LogP contribution in [0.15, 0.2) is 18.2 Å². The summed E-state index contributed by atoms with van der Waals surface area (Å²) in [6, 6.07) is 8.17. The number of benzene rings is 1. The van der Waals surface area contributed by atoms with Crippen molar-refractivity contribution < 1.29 is 4.79 Å². The Morgan fingerprint density at radius 1 is 1.28 bits per heavy atom. The first kappa shape index (κ1) is 12.4. The van der Waals surface area contributed by atoms with Gasteiger partial charge in [0.15, 0.2) is 0 Å². The van der Waals surface area contributed by atoms with Crippen molar-refractivity contribution in [2.45, 2.75) is 13.8 Å². The largest absolute Gasteiger partial charge is 0.367 e. The van der Waals surface area contributed by atoms with Crippen LogP contribution in [-0.2, 0) is 4.79 Å². The second kappa shape index (κ2) is 5.09. The van der Waals surface area contributed by atoms with Gasteiger partial charge in [-0.25, -0.2) is 0 Å². The van der Waals surface area contributed by atoms with Crippen molar-refractivity contribution in [1.29, 1.82) is 5.26 Å². The van der Waals surface area contributed by atoms with Crippen LogP contribution in [0.5, 0.6) is 0 Å². The van der Waals surface area contributed by atoms with Gasteiger partial charge in [-0.15, -0.1) is 0 Å². The van der Waals surface area contributed by atoms with E-state index in [1.54, 1.807) is 6.92 Å². The molecule has 0 atom stereocenters. The highest BCUT2D eigenvalue weighted by atomic mass is 16.2. The first-order valence-electron chi connectivity index (χ1n) is 6.13. The maximum absolute atomic E-state index is 11.3. The molecule has 0 unspecified atom stereocenters. The number of hydrogen-bond acceptors (Lipinski definition) is 3. The van der Waals surface area contributed by atoms with Crippen LogP contribution < -0.4 is 4.90 Å². The van der Waals surface area contributed by atoms with Crippen LogP contribution in [0.2, 0.25) is 0 Å². The Bertz CT molecular complexity index is 496. The van der Waals surface area contributed by atoms with Crippen LogP contribution in [0.25, 0.3) is 0 Å². The van der Waals surface area contributed by atoms with Crippen molar-refractivity contribution in [3.63, 3.8) is 0 Å². The van der Waals surface area contributed by atoms with Crippen molar-refractivity contribution in [3.05, 3.63) is 29.3 Å². The van der Waals surface area contributed by atoms with Crippen molar-refractivity contribution in [3.8, 4) is 6.07 Å². The standard InChI is InChI=1S/C14H17N3O/c1-11-3-4-14(13(9-11)10-15)17-7-5-16(6-8-17)12(2)18/h3-4,9H,5-8H2,1-2H3. The van der Waals surface area contributed by atoms with E-state index in [0.29, 0.717) is 5.56 Å². The molecule has 0 aromatic heterocycles. The van der Waals surface area contributed by atoms with E-state index < -0.39 is 0 Å². The fraction of sp³-hybridized carbons (Fsp3) is 0.429. The smallest absolute Gasteiger partial charge is 0.219 e. The van der Waals surface area contributed by atoms with Crippen LogP contribution in [0, 0.1) is 18.3 Å². The van der Waals surface area contributed by atoms with Gasteiger partial charge in [0.05, 0.1) is 11.3 Å². The quantitative estimate of drug-likeness (QED) is 0.751. The first-order valence-corrected chi connectivity index (χ1v) is 6.13. The minimum Gasteiger partial charge on any atom is -0.367 e. The van der Waals surface area contributed by atoms with Gasteiger partial charge in [-0.05, 0) is 24.6 Å². The van der Waals surface area contributed by atoms with E-state index in [-0.39, 0.29) is 5.91 Å². The maximum Gasteiger partial charge on any atom is 0.219 e. The van der Waals surface area contributed by atoms with Gasteiger partial charge in [0.25, 0.3) is 0 Å². The molecule has 1 saturated heterocycles. The van der Waals surface area contributed by atoms with Crippen LogP contribution in [0.1, 0.15) is 18.1 Å². The average molecular weight is 243 g/mol. The van der Waals surface area contributed by atoms with E-state index in [0.717, 1.165) is 37.4 Å². The minimum absolute atomic E-state index is 0.124. The van der Waals surface area contributed by atoms with Crippen molar-refractivity contribution in [2.75, 3.05) is 31.1 Å². The molecule has 18 heavy (non-hydrogen) atoms. The second-order valence-corrected chi connectivity index (χ2v) is 4.63. The molecule has 0 spiro atoms. The molecule has 1 fully saturated rings. The Labute approximate surface area is 107 Å². The second-order valence-electron chi connectivity index (χ2n) is 4.63. The summed E-state index contributed by atoms with van der Waals surface area (Å²) in [6.45, 7) is 6.62. The molecule has 1 amide bonds. The zero-order valence-electron chi connectivity index (χ0n) is 10.8. The van der Waals surface area contributed by atoms with Gasteiger partial charge >= 0.3 is 0 Å². The van der Waals surface area contributed by atoms with Crippen molar-refractivity contribution >= 4 is 11.6 Å². The monoisotopic (exact) mass is 243 g/mol. The van der Waals surface area contributed by atoms with Crippen LogP contribution in [0.4, 0.5) is 5.69 Å². The van der Waals surface area contributed by atoms with E-state index in [4.69, 9.17) is 0 Å². The SMILES string of the molecule is CC(=O)N1CCN(c2ccc(C)cc2C#N)CC1. The summed E-state index contributed by atoms with van der Waals surface area (Å²) in [6.07, 6.45) is 0. The van der Waals surface area contributed by atoms with Gasteiger partial charge in [-0.3, -0.25) is 4.79 Å². The summed E-state index contributed by atoms with van der Waals surface area (Å²) < 4.78 is 0. The number of rotatable bonds is 1. The number of amides is 1. The first-order chi connectivity index (χ1) is 8.61. The highest BCUT2D eigenvalue weighted by Gasteiger charge is 2.20. The Balaban J connectivity index is 2.15. The molecule has 4 heteroatoms. The zero-order chi connectivity index (χ0) is 13.1. The van der Waals surface area contributed by atoms with E-state index in [9.17, 15) is 10.1 Å². The summed E-state index contributed by atoms with van der Waals surface area (Å²) in [5.74, 6) is 0.124. The molecule has 1 heterocycles. The molecule has 1 aliphatic rings. The van der Waals surface area contributed by atoms with Gasteiger partial charge in [-0.1, -0.05) is 6.07 Å². The summed E-state index contributed by atoms with van der Waals surface area (Å²) in [5.41, 5.74) is 2.79. The van der Waals surface area contributed by atoms with E-state index in [2.05, 4.69) is 11.0 Å². The van der Waals surface area contributed by atoms with Gasteiger partial charge in [0.1, 0.15) is 6.07 Å². The van der Waals surface area contributed by atoms with Crippen molar-refractivity contribution in [2.24, 2.45) is 0 Å². The maximum atomic E-state index is 11.3. The third-order valence-electron chi connectivity index (χ3n) is 3.34. The lowest BCUT2D eigenvalue weighted by Gasteiger charge is -2.36. The lowest BCUT2D eigenvalue weighted by molar-refractivity contribution is -0.129. The van der Waals surface area contributed by atoms with Crippen LogP contribution in [0.3, 0.4) is 0 Å². The summed E-state index contributed by atoms with van der Waals surface area (Å²) in [5, 5.41) is 9.17. The average Bonchev–Trinajstić information content (AvgIpc) is 2.38. The fourth-order valence-electron chi connectivity index (χ4n) is 2.28. The number of nitriles is 1. The molecular weight excluding hydrogens is 226 g/mol. The number of carbonyl (C=O) groups excluding carboxylic acids is 1. The van der Waals surface area contributed by atoms with Crippen LogP contribution >= 0.6 is 0 Å². The number of hydrogen-bond donors (Lipinski definition) is 0. The normalized spacial score (nSPS) is 15.4. The molecule has 2 rings (SSSR count). The molecule has 1 aromatic carbocycles. The number of aryl methyl sites for hydroxylation is 1. The zero-order valence-corrected chi connectivity index (χ0v) is 10.8. The molecule has 1 aromatic rings. The number of carbonyl (C=O) groups is 1. The highest BCUT2D eigenvalue weighted by molar-refractivity contribution is 5.73. The van der Waals surface area contributed by atoms with Crippen LogP contribution in [-0.4, -0.2) is 37.0 Å². The van der Waals surface area contributed by atoms with E-state index in [1.165, 1.54) is 0 Å². The third-order valence-corrected chi connectivity index (χ3v) is 3.34. The Morgan fingerprint density at radius 2 is 1.94 bits per heavy atom. The predicted octanol–water partition coefficient (Wildman–Crippen LogP) is 1.54. The number of piperazine rings is 1. The lowest BCUT2D eigenvalue weighted by Crippen LogP contribution is -2.48. The van der Waals surface area contributed by atoms with Gasteiger partial charge in [-0.2, -0.15) is 5.26 Å². The van der Waals surface area contributed by atoms with Gasteiger partial charge in [0, 0.05) is 33.1 Å². The summed E-state index contributed by atoms with van der Waals surface area (Å²) in [4.78, 5) is 15.3. The lowest BCUT2D eigenvalue weighted by atomic mass is 10.1. The van der Waals surface area contributed by atoms with Gasteiger partial charge in [0.2, 0.25) is 5.91 Å². The predicted molar refractivity (Wildman–Crippen MR) is 70.4 cm³/mol. The fourth-order valence-corrected chi connectivity index (χ4v) is 2.28. The molecule has 0 aliphatic carbocycles. The third kappa shape index (κ3) is 2.45. The Morgan fingerprint density at radius 3 is 2.50 bits per heavy atom. The molecular formula is C14H17N3O. The topological polar surface area (TPSA) is 47.3 Å². The van der Waals surface area contributed by atoms with Gasteiger partial charge < -0.3 is 9.80 Å². The Kier molecular flexibility index (Phi) is 3.52. The molecule has 0 saturated carbocycles. The number of anilines is 1. The molecule has 0 bridgehead atoms. The minimum atomic E-state index is 0.124. The molecule has 4 nitrogen and oxygen atoms in total. The Hall–Kier alpha value is -2.02. The van der Waals surface area contributed by atoms with E-state index >= 15 is 0 Å². The molecule has 0 N–H and O–H groups in total. The number of nitrogens with zero attached hydrogens (tertiary/aromatic N) is 3. The summed E-state index contributed by atoms with van der Waals surface area (Å²) in [7, 11) is 0. The molecule has 1 aliphatic heterocycles.